The van der Waals surface area contributed by atoms with Gasteiger partial charge in [-0.1, -0.05) is 75.4 Å². The maximum atomic E-state index is 11.9. The molecule has 0 saturated heterocycles. The summed E-state index contributed by atoms with van der Waals surface area (Å²) in [6.07, 6.45) is 0.919. The molecule has 0 N–H and O–H groups in total. The van der Waals surface area contributed by atoms with Gasteiger partial charge in [-0.15, -0.1) is 11.3 Å². The van der Waals surface area contributed by atoms with E-state index in [4.69, 9.17) is 4.98 Å². The molecule has 0 atom stereocenters. The third kappa shape index (κ3) is 2.76. The Bertz CT molecular complexity index is 1070. The van der Waals surface area contributed by atoms with Crippen LogP contribution >= 0.6 is 11.3 Å². The Morgan fingerprint density at radius 3 is 2.15 bits per heavy atom. The van der Waals surface area contributed by atoms with E-state index in [1.165, 1.54) is 5.56 Å². The molecule has 130 valence electrons. The van der Waals surface area contributed by atoms with Crippen molar-refractivity contribution in [3.05, 3.63) is 71.4 Å². The highest BCUT2D eigenvalue weighted by Gasteiger charge is 2.24. The van der Waals surface area contributed by atoms with Crippen LogP contribution in [-0.2, 0) is 5.41 Å². The van der Waals surface area contributed by atoms with Crippen molar-refractivity contribution in [3.63, 3.8) is 0 Å². The first-order valence-electron chi connectivity index (χ1n) is 8.60. The number of aldehydes is 1. The predicted molar refractivity (Wildman–Crippen MR) is 108 cm³/mol. The van der Waals surface area contributed by atoms with Gasteiger partial charge in [-0.05, 0) is 11.1 Å². The lowest BCUT2D eigenvalue weighted by molar-refractivity contribution is 0.111. The molecule has 0 saturated carbocycles. The maximum Gasteiger partial charge on any atom is 0.195 e. The zero-order valence-corrected chi connectivity index (χ0v) is 15.9. The van der Waals surface area contributed by atoms with Crippen molar-refractivity contribution >= 4 is 22.6 Å². The van der Waals surface area contributed by atoms with Gasteiger partial charge in [0.1, 0.15) is 11.4 Å². The van der Waals surface area contributed by atoms with Gasteiger partial charge in [0.05, 0.1) is 0 Å². The molecule has 4 heteroatoms. The highest BCUT2D eigenvalue weighted by Crippen LogP contribution is 2.33. The Labute approximate surface area is 157 Å². The fourth-order valence-corrected chi connectivity index (χ4v) is 4.29. The monoisotopic (exact) mass is 360 g/mol. The summed E-state index contributed by atoms with van der Waals surface area (Å²) in [4.78, 5) is 17.5. The molecule has 0 aliphatic heterocycles. The standard InChI is InChI=1S/C22H20N2OS/c1-22(2,3)19-14-26-21-23-20(18(13-25)24(19)21)17-11-9-16(10-12-17)15-7-5-4-6-8-15/h4-14H,1-3H3. The molecule has 0 bridgehead atoms. The van der Waals surface area contributed by atoms with Crippen LogP contribution < -0.4 is 0 Å². The molecule has 0 spiro atoms. The number of hydrogen-bond donors (Lipinski definition) is 0. The van der Waals surface area contributed by atoms with Gasteiger partial charge in [0.2, 0.25) is 0 Å². The minimum Gasteiger partial charge on any atom is -0.296 e. The van der Waals surface area contributed by atoms with Gasteiger partial charge >= 0.3 is 0 Å². The molecule has 0 fully saturated rings. The molecular weight excluding hydrogens is 340 g/mol. The quantitative estimate of drug-likeness (QED) is 0.430. The van der Waals surface area contributed by atoms with E-state index in [1.807, 2.05) is 34.7 Å². The number of rotatable bonds is 3. The number of carbonyl (C=O) groups is 1. The summed E-state index contributed by atoms with van der Waals surface area (Å²) in [7, 11) is 0. The van der Waals surface area contributed by atoms with Crippen LogP contribution in [-0.4, -0.2) is 15.7 Å². The summed E-state index contributed by atoms with van der Waals surface area (Å²) >= 11 is 1.58. The van der Waals surface area contributed by atoms with Crippen LogP contribution in [0.4, 0.5) is 0 Å². The second-order valence-electron chi connectivity index (χ2n) is 7.40. The fourth-order valence-electron chi connectivity index (χ4n) is 3.17. The smallest absolute Gasteiger partial charge is 0.195 e. The first-order valence-corrected chi connectivity index (χ1v) is 9.48. The number of aromatic nitrogens is 2. The summed E-state index contributed by atoms with van der Waals surface area (Å²) in [5.74, 6) is 0. The normalized spacial score (nSPS) is 11.8. The number of thiazole rings is 1. The maximum absolute atomic E-state index is 11.9. The van der Waals surface area contributed by atoms with Crippen LogP contribution in [0.3, 0.4) is 0 Å². The third-order valence-corrected chi connectivity index (χ3v) is 5.37. The van der Waals surface area contributed by atoms with Crippen LogP contribution in [0.1, 0.15) is 37.0 Å². The SMILES string of the molecule is CC(C)(C)c1csc2nc(-c3ccc(-c4ccccc4)cc3)c(C=O)n12. The van der Waals surface area contributed by atoms with E-state index in [0.717, 1.165) is 33.8 Å². The Balaban J connectivity index is 1.82. The molecule has 2 heterocycles. The molecule has 2 aromatic heterocycles. The third-order valence-electron chi connectivity index (χ3n) is 4.54. The summed E-state index contributed by atoms with van der Waals surface area (Å²) < 4.78 is 2.00. The summed E-state index contributed by atoms with van der Waals surface area (Å²) in [5.41, 5.74) is 5.72. The topological polar surface area (TPSA) is 34.4 Å². The second-order valence-corrected chi connectivity index (χ2v) is 8.23. The lowest BCUT2D eigenvalue weighted by Crippen LogP contribution is -2.15. The largest absolute Gasteiger partial charge is 0.296 e. The number of carbonyl (C=O) groups excluding carboxylic acids is 1. The molecule has 0 amide bonds. The van der Waals surface area contributed by atoms with E-state index in [9.17, 15) is 4.79 Å². The van der Waals surface area contributed by atoms with Gasteiger partial charge in [0, 0.05) is 22.1 Å². The minimum atomic E-state index is -0.0504. The van der Waals surface area contributed by atoms with Crippen LogP contribution in [0.25, 0.3) is 27.3 Å². The zero-order chi connectivity index (χ0) is 18.3. The van der Waals surface area contributed by atoms with Crippen molar-refractivity contribution in [1.82, 2.24) is 9.38 Å². The Hall–Kier alpha value is -2.72. The molecule has 0 aliphatic carbocycles. The van der Waals surface area contributed by atoms with Gasteiger partial charge in [-0.2, -0.15) is 0 Å². The Kier molecular flexibility index (Phi) is 4.00. The van der Waals surface area contributed by atoms with Gasteiger partial charge in [-0.3, -0.25) is 9.20 Å². The molecule has 0 aliphatic rings. The average molecular weight is 360 g/mol. The van der Waals surface area contributed by atoms with Crippen LogP contribution in [0.5, 0.6) is 0 Å². The molecule has 0 radical (unpaired) electrons. The van der Waals surface area contributed by atoms with E-state index in [-0.39, 0.29) is 5.41 Å². The molecule has 0 unspecified atom stereocenters. The van der Waals surface area contributed by atoms with Crippen molar-refractivity contribution in [2.75, 3.05) is 0 Å². The summed E-state index contributed by atoms with van der Waals surface area (Å²) in [6.45, 7) is 6.45. The van der Waals surface area contributed by atoms with Gasteiger partial charge in [0.25, 0.3) is 0 Å². The highest BCUT2D eigenvalue weighted by molar-refractivity contribution is 7.15. The highest BCUT2D eigenvalue weighted by atomic mass is 32.1. The zero-order valence-electron chi connectivity index (χ0n) is 15.1. The Morgan fingerprint density at radius 1 is 0.923 bits per heavy atom. The molecule has 26 heavy (non-hydrogen) atoms. The van der Waals surface area contributed by atoms with E-state index >= 15 is 0 Å². The fraction of sp³-hybridized carbons (Fsp3) is 0.182. The van der Waals surface area contributed by atoms with E-state index in [0.29, 0.717) is 5.69 Å². The summed E-state index contributed by atoms with van der Waals surface area (Å²) in [5, 5.41) is 2.09. The second kappa shape index (κ2) is 6.22. The number of hydrogen-bond acceptors (Lipinski definition) is 3. The average Bonchev–Trinajstić information content (AvgIpc) is 3.21. The van der Waals surface area contributed by atoms with Crippen LogP contribution in [0.15, 0.2) is 60.0 Å². The van der Waals surface area contributed by atoms with Gasteiger partial charge < -0.3 is 0 Å². The molecule has 4 aromatic rings. The minimum absolute atomic E-state index is 0.0504. The van der Waals surface area contributed by atoms with Crippen LogP contribution in [0, 0.1) is 0 Å². The number of nitrogens with zero attached hydrogens (tertiary/aromatic N) is 2. The predicted octanol–water partition coefficient (Wildman–Crippen LogP) is 5.84. The number of fused-ring (bicyclic) bond motifs is 1. The molecular formula is C22H20N2OS. The summed E-state index contributed by atoms with van der Waals surface area (Å²) in [6, 6.07) is 18.5. The Morgan fingerprint density at radius 2 is 1.54 bits per heavy atom. The van der Waals surface area contributed by atoms with Gasteiger partial charge in [0.15, 0.2) is 11.2 Å². The molecule has 2 aromatic carbocycles. The van der Waals surface area contributed by atoms with Crippen molar-refractivity contribution in [3.8, 4) is 22.4 Å². The van der Waals surface area contributed by atoms with Crippen LogP contribution in [0.2, 0.25) is 0 Å². The van der Waals surface area contributed by atoms with Crippen molar-refractivity contribution < 1.29 is 4.79 Å². The van der Waals surface area contributed by atoms with Crippen molar-refractivity contribution in [1.29, 1.82) is 0 Å². The van der Waals surface area contributed by atoms with E-state index in [1.54, 1.807) is 11.3 Å². The molecule has 3 nitrogen and oxygen atoms in total. The number of benzene rings is 2. The van der Waals surface area contributed by atoms with Crippen molar-refractivity contribution in [2.24, 2.45) is 0 Å². The van der Waals surface area contributed by atoms with Gasteiger partial charge in [-0.25, -0.2) is 4.98 Å². The number of imidazole rings is 1. The lowest BCUT2D eigenvalue weighted by atomic mass is 9.93. The van der Waals surface area contributed by atoms with E-state index in [2.05, 4.69) is 50.4 Å². The molecule has 4 rings (SSSR count). The lowest BCUT2D eigenvalue weighted by Gasteiger charge is -2.17. The van der Waals surface area contributed by atoms with E-state index < -0.39 is 0 Å². The first kappa shape index (κ1) is 16.7. The van der Waals surface area contributed by atoms with Crippen molar-refractivity contribution in [2.45, 2.75) is 26.2 Å². The first-order chi connectivity index (χ1) is 12.5.